The summed E-state index contributed by atoms with van der Waals surface area (Å²) in [7, 11) is 0. The fraction of sp³-hybridized carbons (Fsp3) is 0.0625. The maximum absolute atomic E-state index is 8.92. The Bertz CT molecular complexity index is 1020. The van der Waals surface area contributed by atoms with Gasteiger partial charge >= 0.3 is 0 Å². The van der Waals surface area contributed by atoms with E-state index < -0.39 is 0 Å². The maximum atomic E-state index is 8.92. The molecule has 0 N–H and O–H groups in total. The molecule has 0 saturated heterocycles. The lowest BCUT2D eigenvalue weighted by molar-refractivity contribution is 0.624. The second-order valence-electron chi connectivity index (χ2n) is 4.93. The molecule has 0 aliphatic heterocycles. The van der Waals surface area contributed by atoms with Crippen molar-refractivity contribution in [3.63, 3.8) is 0 Å². The number of aromatic nitrogens is 3. The first-order valence-corrected chi connectivity index (χ1v) is 6.50. The van der Waals surface area contributed by atoms with Crippen LogP contribution in [0.4, 0.5) is 0 Å². The molecule has 100 valence electrons. The molecule has 5 heteroatoms. The standard InChI is InChI=1S/C16H10N4O/c1-10-2-3-13-12(6-10)8-14(21-13)16-19-18-15-7-11(9-17)4-5-20(15)16/h2-8H,1H3. The summed E-state index contributed by atoms with van der Waals surface area (Å²) in [6, 6.07) is 13.5. The van der Waals surface area contributed by atoms with Crippen molar-refractivity contribution in [2.45, 2.75) is 6.92 Å². The highest BCUT2D eigenvalue weighted by Gasteiger charge is 2.13. The van der Waals surface area contributed by atoms with Crippen LogP contribution in [0, 0.1) is 18.3 Å². The number of fused-ring (bicyclic) bond motifs is 2. The van der Waals surface area contributed by atoms with Gasteiger partial charge in [-0.3, -0.25) is 4.40 Å². The number of pyridine rings is 1. The van der Waals surface area contributed by atoms with E-state index in [1.165, 1.54) is 5.56 Å². The fourth-order valence-electron chi connectivity index (χ4n) is 2.40. The van der Waals surface area contributed by atoms with Crippen LogP contribution in [-0.2, 0) is 0 Å². The summed E-state index contributed by atoms with van der Waals surface area (Å²) in [6.07, 6.45) is 1.78. The second-order valence-corrected chi connectivity index (χ2v) is 4.93. The lowest BCUT2D eigenvalue weighted by Crippen LogP contribution is -1.88. The van der Waals surface area contributed by atoms with Gasteiger partial charge in [-0.15, -0.1) is 10.2 Å². The largest absolute Gasteiger partial charge is 0.453 e. The first-order chi connectivity index (χ1) is 10.2. The minimum Gasteiger partial charge on any atom is -0.453 e. The molecule has 0 aliphatic carbocycles. The molecule has 4 aromatic rings. The van der Waals surface area contributed by atoms with Crippen LogP contribution in [0.5, 0.6) is 0 Å². The summed E-state index contributed by atoms with van der Waals surface area (Å²) in [5, 5.41) is 18.2. The van der Waals surface area contributed by atoms with Gasteiger partial charge in [-0.25, -0.2) is 0 Å². The Morgan fingerprint density at radius 1 is 1.14 bits per heavy atom. The monoisotopic (exact) mass is 274 g/mol. The van der Waals surface area contributed by atoms with Gasteiger partial charge in [-0.2, -0.15) is 5.26 Å². The summed E-state index contributed by atoms with van der Waals surface area (Å²) >= 11 is 0. The predicted molar refractivity (Wildman–Crippen MR) is 77.6 cm³/mol. The number of hydrogen-bond acceptors (Lipinski definition) is 4. The van der Waals surface area contributed by atoms with Crippen LogP contribution in [-0.4, -0.2) is 14.6 Å². The van der Waals surface area contributed by atoms with Gasteiger partial charge in [0.1, 0.15) is 5.58 Å². The molecule has 0 atom stereocenters. The van der Waals surface area contributed by atoms with E-state index >= 15 is 0 Å². The van der Waals surface area contributed by atoms with E-state index in [9.17, 15) is 0 Å². The van der Waals surface area contributed by atoms with Crippen LogP contribution < -0.4 is 0 Å². The zero-order valence-corrected chi connectivity index (χ0v) is 11.2. The van der Waals surface area contributed by atoms with Crippen molar-refractivity contribution in [1.82, 2.24) is 14.6 Å². The van der Waals surface area contributed by atoms with E-state index in [-0.39, 0.29) is 0 Å². The van der Waals surface area contributed by atoms with Crippen molar-refractivity contribution in [2.75, 3.05) is 0 Å². The van der Waals surface area contributed by atoms with Gasteiger partial charge in [0.2, 0.25) is 5.82 Å². The Kier molecular flexibility index (Phi) is 2.33. The average molecular weight is 274 g/mol. The molecule has 0 amide bonds. The van der Waals surface area contributed by atoms with E-state index in [4.69, 9.17) is 9.68 Å². The third kappa shape index (κ3) is 1.77. The highest BCUT2D eigenvalue weighted by atomic mass is 16.3. The van der Waals surface area contributed by atoms with Crippen molar-refractivity contribution in [1.29, 1.82) is 5.26 Å². The molecular formula is C16H10N4O. The Morgan fingerprint density at radius 3 is 2.90 bits per heavy atom. The van der Waals surface area contributed by atoms with Crippen LogP contribution in [0.15, 0.2) is 47.0 Å². The van der Waals surface area contributed by atoms with Crippen molar-refractivity contribution >= 4 is 16.6 Å². The SMILES string of the molecule is Cc1ccc2oc(-c3nnc4cc(C#N)ccn34)cc2c1. The number of furan rings is 1. The van der Waals surface area contributed by atoms with Crippen LogP contribution in [0.2, 0.25) is 0 Å². The van der Waals surface area contributed by atoms with Crippen LogP contribution in [0.1, 0.15) is 11.1 Å². The molecule has 4 rings (SSSR count). The molecule has 0 fully saturated rings. The molecule has 0 radical (unpaired) electrons. The zero-order chi connectivity index (χ0) is 14.4. The Morgan fingerprint density at radius 2 is 2.05 bits per heavy atom. The zero-order valence-electron chi connectivity index (χ0n) is 11.2. The van der Waals surface area contributed by atoms with Crippen molar-refractivity contribution < 1.29 is 4.42 Å². The topological polar surface area (TPSA) is 67.1 Å². The Hall–Kier alpha value is -3.13. The maximum Gasteiger partial charge on any atom is 0.204 e. The fourth-order valence-corrected chi connectivity index (χ4v) is 2.40. The molecular weight excluding hydrogens is 264 g/mol. The van der Waals surface area contributed by atoms with Crippen molar-refractivity contribution in [3.05, 3.63) is 53.7 Å². The molecule has 0 aliphatic rings. The van der Waals surface area contributed by atoms with Crippen LogP contribution >= 0.6 is 0 Å². The second kappa shape index (κ2) is 4.18. The Labute approximate surface area is 120 Å². The summed E-state index contributed by atoms with van der Waals surface area (Å²) in [5.41, 5.74) is 3.18. The minimum atomic E-state index is 0.557. The Balaban J connectivity index is 1.94. The lowest BCUT2D eigenvalue weighted by Gasteiger charge is -1.96. The normalized spacial score (nSPS) is 11.0. The van der Waals surface area contributed by atoms with Crippen LogP contribution in [0.25, 0.3) is 28.2 Å². The molecule has 0 saturated carbocycles. The number of nitrogens with zero attached hydrogens (tertiary/aromatic N) is 4. The molecule has 1 aromatic carbocycles. The number of nitriles is 1. The summed E-state index contributed by atoms with van der Waals surface area (Å²) in [5.74, 6) is 1.29. The van der Waals surface area contributed by atoms with E-state index in [2.05, 4.69) is 22.3 Å². The molecule has 5 nitrogen and oxygen atoms in total. The summed E-state index contributed by atoms with van der Waals surface area (Å²) < 4.78 is 7.65. The first-order valence-electron chi connectivity index (χ1n) is 6.50. The van der Waals surface area contributed by atoms with Gasteiger partial charge in [-0.1, -0.05) is 11.6 Å². The van der Waals surface area contributed by atoms with Crippen molar-refractivity contribution in [3.8, 4) is 17.7 Å². The highest BCUT2D eigenvalue weighted by Crippen LogP contribution is 2.27. The van der Waals surface area contributed by atoms with Crippen molar-refractivity contribution in [2.24, 2.45) is 0 Å². The summed E-state index contributed by atoms with van der Waals surface area (Å²) in [4.78, 5) is 0. The minimum absolute atomic E-state index is 0.557. The van der Waals surface area contributed by atoms with Crippen LogP contribution in [0.3, 0.4) is 0 Å². The van der Waals surface area contributed by atoms with E-state index in [0.717, 1.165) is 11.0 Å². The van der Waals surface area contributed by atoms with Gasteiger partial charge in [0.25, 0.3) is 0 Å². The van der Waals surface area contributed by atoms with Gasteiger partial charge in [0.05, 0.1) is 11.6 Å². The third-order valence-electron chi connectivity index (χ3n) is 3.43. The lowest BCUT2D eigenvalue weighted by atomic mass is 10.2. The first kappa shape index (κ1) is 11.7. The number of aryl methyl sites for hydroxylation is 1. The third-order valence-corrected chi connectivity index (χ3v) is 3.43. The predicted octanol–water partition coefficient (Wildman–Crippen LogP) is 3.32. The smallest absolute Gasteiger partial charge is 0.204 e. The van der Waals surface area contributed by atoms with Gasteiger partial charge in [0.15, 0.2) is 11.4 Å². The number of benzene rings is 1. The molecule has 3 aromatic heterocycles. The quantitative estimate of drug-likeness (QED) is 0.534. The average Bonchev–Trinajstić information content (AvgIpc) is 3.08. The molecule has 21 heavy (non-hydrogen) atoms. The highest BCUT2D eigenvalue weighted by molar-refractivity contribution is 5.82. The molecule has 0 bridgehead atoms. The summed E-state index contributed by atoms with van der Waals surface area (Å²) in [6.45, 7) is 2.04. The van der Waals surface area contributed by atoms with E-state index in [0.29, 0.717) is 22.8 Å². The van der Waals surface area contributed by atoms with Gasteiger partial charge < -0.3 is 4.42 Å². The molecule has 0 spiro atoms. The van der Waals surface area contributed by atoms with Gasteiger partial charge in [0, 0.05) is 17.6 Å². The number of rotatable bonds is 1. The molecule has 3 heterocycles. The van der Waals surface area contributed by atoms with E-state index in [1.54, 1.807) is 18.3 Å². The number of hydrogen-bond donors (Lipinski definition) is 0. The van der Waals surface area contributed by atoms with Gasteiger partial charge in [-0.05, 0) is 31.2 Å². The molecule has 0 unspecified atom stereocenters. The van der Waals surface area contributed by atoms with E-state index in [1.807, 2.05) is 29.5 Å².